The molecule has 2 heterocycles. The van der Waals surface area contributed by atoms with E-state index in [1.807, 2.05) is 30.3 Å². The van der Waals surface area contributed by atoms with Crippen LogP contribution < -0.4 is 9.47 Å². The Bertz CT molecular complexity index is 1010. The lowest BCUT2D eigenvalue weighted by Gasteiger charge is -2.39. The third-order valence-corrected chi connectivity index (χ3v) is 6.19. The summed E-state index contributed by atoms with van der Waals surface area (Å²) in [4.78, 5) is 1.05. The van der Waals surface area contributed by atoms with Gasteiger partial charge in [0.15, 0.2) is 0 Å². The van der Waals surface area contributed by atoms with E-state index in [1.165, 1.54) is 0 Å². The molecule has 31 heavy (non-hydrogen) atoms. The van der Waals surface area contributed by atoms with Gasteiger partial charge in [-0.25, -0.2) is 0 Å². The highest BCUT2D eigenvalue weighted by Crippen LogP contribution is 2.34. The summed E-state index contributed by atoms with van der Waals surface area (Å²) in [5.74, 6) is 1.77. The van der Waals surface area contributed by atoms with E-state index in [2.05, 4.69) is 10.2 Å². The molecule has 5 atom stereocenters. The van der Waals surface area contributed by atoms with Gasteiger partial charge in [-0.1, -0.05) is 6.07 Å². The molecule has 0 spiro atoms. The smallest absolute Gasteiger partial charge is 0.229 e. The third kappa shape index (κ3) is 4.49. The zero-order valence-electron chi connectivity index (χ0n) is 16.7. The molecule has 9 nitrogen and oxygen atoms in total. The number of nitrogens with zero attached hydrogens (tertiary/aromatic N) is 1. The predicted octanol–water partition coefficient (Wildman–Crippen LogP) is 1.04. The number of aliphatic hydroxyl groups excluding tert-OH is 4. The highest BCUT2D eigenvalue weighted by molar-refractivity contribution is 7.98. The molecule has 1 fully saturated rings. The number of hydrogen-bond donors (Lipinski definition) is 5. The fourth-order valence-corrected chi connectivity index (χ4v) is 4.27. The van der Waals surface area contributed by atoms with E-state index in [0.717, 1.165) is 21.7 Å². The van der Waals surface area contributed by atoms with Crippen LogP contribution in [0.2, 0.25) is 0 Å². The van der Waals surface area contributed by atoms with Gasteiger partial charge >= 0.3 is 0 Å². The van der Waals surface area contributed by atoms with Crippen LogP contribution >= 0.6 is 11.8 Å². The predicted molar refractivity (Wildman–Crippen MR) is 113 cm³/mol. The summed E-state index contributed by atoms with van der Waals surface area (Å²) >= 11 is 1.60. The first-order chi connectivity index (χ1) is 15.0. The highest BCUT2D eigenvalue weighted by Gasteiger charge is 2.44. The summed E-state index contributed by atoms with van der Waals surface area (Å²) in [6.07, 6.45) is -6.75. The molecule has 0 radical (unpaired) electrons. The lowest BCUT2D eigenvalue weighted by molar-refractivity contribution is -0.277. The topological polar surface area (TPSA) is 137 Å². The Hall–Kier alpha value is -2.34. The van der Waals surface area contributed by atoms with Gasteiger partial charge in [-0.15, -0.1) is 11.8 Å². The maximum atomic E-state index is 10.3. The zero-order chi connectivity index (χ0) is 22.0. The van der Waals surface area contributed by atoms with Crippen LogP contribution in [-0.2, 0) is 10.5 Å². The second-order valence-corrected chi connectivity index (χ2v) is 8.18. The molecule has 10 heteroatoms. The maximum absolute atomic E-state index is 10.3. The average Bonchev–Trinajstić information content (AvgIpc) is 3.22. The lowest BCUT2D eigenvalue weighted by Crippen LogP contribution is -2.60. The van der Waals surface area contributed by atoms with Gasteiger partial charge in [0.1, 0.15) is 35.9 Å². The van der Waals surface area contributed by atoms with Gasteiger partial charge in [-0.05, 0) is 36.4 Å². The van der Waals surface area contributed by atoms with Gasteiger partial charge in [0.05, 0.1) is 30.3 Å². The number of rotatable bonds is 7. The molecular weight excluding hydrogens is 424 g/mol. The van der Waals surface area contributed by atoms with Gasteiger partial charge in [-0.2, -0.15) is 5.10 Å². The van der Waals surface area contributed by atoms with Crippen LogP contribution in [-0.4, -0.2) is 75.0 Å². The molecule has 1 aliphatic rings. The monoisotopic (exact) mass is 448 g/mol. The number of methoxy groups -OCH3 is 1. The maximum Gasteiger partial charge on any atom is 0.229 e. The highest BCUT2D eigenvalue weighted by atomic mass is 32.2. The molecule has 1 saturated heterocycles. The van der Waals surface area contributed by atoms with Gasteiger partial charge < -0.3 is 34.6 Å². The van der Waals surface area contributed by atoms with E-state index in [-0.39, 0.29) is 0 Å². The van der Waals surface area contributed by atoms with Gasteiger partial charge in [-0.3, -0.25) is 5.10 Å². The first-order valence-corrected chi connectivity index (χ1v) is 10.7. The SMILES string of the molecule is COc1ccc(SCc2[nH]nc3cccc(OC4OC(CO)C(O)C(O)C4O)c23)cc1. The van der Waals surface area contributed by atoms with E-state index in [0.29, 0.717) is 17.0 Å². The number of thioether (sulfide) groups is 1. The van der Waals surface area contributed by atoms with E-state index < -0.39 is 37.3 Å². The standard InChI is InChI=1S/C21H24N2O7S/c1-28-11-5-7-12(8-6-11)31-10-14-17-13(22-23-14)3-2-4-15(17)29-21-20(27)19(26)18(25)16(9-24)30-21/h2-8,16,18-21,24-27H,9-10H2,1H3,(H,22,23). The number of H-pyrrole nitrogens is 1. The fraction of sp³-hybridized carbons (Fsp3) is 0.381. The minimum absolute atomic E-state index is 0.404. The van der Waals surface area contributed by atoms with Crippen molar-refractivity contribution in [2.75, 3.05) is 13.7 Å². The summed E-state index contributed by atoms with van der Waals surface area (Å²) in [6.45, 7) is -0.523. The van der Waals surface area contributed by atoms with Crippen molar-refractivity contribution >= 4 is 22.7 Å². The number of ether oxygens (including phenoxy) is 3. The molecule has 1 aromatic heterocycles. The normalized spacial score (nSPS) is 26.2. The molecule has 5 N–H and O–H groups in total. The molecule has 166 valence electrons. The largest absolute Gasteiger partial charge is 0.497 e. The number of fused-ring (bicyclic) bond motifs is 1. The van der Waals surface area contributed by atoms with Crippen LogP contribution in [0.1, 0.15) is 5.69 Å². The second-order valence-electron chi connectivity index (χ2n) is 7.13. The van der Waals surface area contributed by atoms with Gasteiger partial charge in [0, 0.05) is 10.6 Å². The Kier molecular flexibility index (Phi) is 6.65. The molecule has 2 aromatic carbocycles. The number of aromatic nitrogens is 2. The molecule has 0 aliphatic carbocycles. The van der Waals surface area contributed by atoms with Crippen molar-refractivity contribution < 1.29 is 34.6 Å². The summed E-state index contributed by atoms with van der Waals surface area (Å²) < 4.78 is 16.5. The van der Waals surface area contributed by atoms with Gasteiger partial charge in [0.25, 0.3) is 0 Å². The Balaban J connectivity index is 1.55. The Morgan fingerprint density at radius 1 is 1.06 bits per heavy atom. The minimum atomic E-state index is -1.51. The molecular formula is C21H24N2O7S. The average molecular weight is 448 g/mol. The van der Waals surface area contributed by atoms with E-state index in [4.69, 9.17) is 14.2 Å². The van der Waals surface area contributed by atoms with Crippen LogP contribution in [0.25, 0.3) is 10.9 Å². The van der Waals surface area contributed by atoms with E-state index in [9.17, 15) is 20.4 Å². The molecule has 5 unspecified atom stereocenters. The number of nitrogens with one attached hydrogen (secondary N) is 1. The molecule has 0 saturated carbocycles. The second kappa shape index (κ2) is 9.43. The Morgan fingerprint density at radius 2 is 1.84 bits per heavy atom. The minimum Gasteiger partial charge on any atom is -0.497 e. The first kappa shape index (κ1) is 21.9. The fourth-order valence-electron chi connectivity index (χ4n) is 3.42. The summed E-state index contributed by atoms with van der Waals surface area (Å²) in [5, 5.41) is 47.7. The summed E-state index contributed by atoms with van der Waals surface area (Å²) in [6, 6.07) is 13.0. The number of aliphatic hydroxyl groups is 4. The number of benzene rings is 2. The van der Waals surface area contributed by atoms with Crippen molar-refractivity contribution in [1.29, 1.82) is 0 Å². The van der Waals surface area contributed by atoms with E-state index in [1.54, 1.807) is 31.0 Å². The third-order valence-electron chi connectivity index (χ3n) is 5.15. The molecule has 0 amide bonds. The van der Waals surface area contributed by atoms with Crippen LogP contribution in [0.15, 0.2) is 47.4 Å². The lowest BCUT2D eigenvalue weighted by atomic mass is 9.99. The van der Waals surface area contributed by atoms with Gasteiger partial charge in [0.2, 0.25) is 6.29 Å². The quantitative estimate of drug-likeness (QED) is 0.336. The van der Waals surface area contributed by atoms with Crippen molar-refractivity contribution in [2.45, 2.75) is 41.4 Å². The van der Waals surface area contributed by atoms with Crippen molar-refractivity contribution in [3.63, 3.8) is 0 Å². The summed E-state index contributed by atoms with van der Waals surface area (Å²) in [7, 11) is 1.62. The van der Waals surface area contributed by atoms with Crippen molar-refractivity contribution in [1.82, 2.24) is 10.2 Å². The van der Waals surface area contributed by atoms with Crippen LogP contribution in [0.3, 0.4) is 0 Å². The zero-order valence-corrected chi connectivity index (χ0v) is 17.5. The van der Waals surface area contributed by atoms with Crippen LogP contribution in [0.5, 0.6) is 11.5 Å². The Morgan fingerprint density at radius 3 is 2.55 bits per heavy atom. The molecule has 0 bridgehead atoms. The van der Waals surface area contributed by atoms with E-state index >= 15 is 0 Å². The number of hydrogen-bond acceptors (Lipinski definition) is 9. The van der Waals surface area contributed by atoms with Crippen molar-refractivity contribution in [2.24, 2.45) is 0 Å². The molecule has 3 aromatic rings. The first-order valence-electron chi connectivity index (χ1n) is 9.71. The molecule has 4 rings (SSSR count). The molecule has 1 aliphatic heterocycles. The number of aromatic amines is 1. The Labute approximate surface area is 182 Å². The van der Waals surface area contributed by atoms with Crippen LogP contribution in [0, 0.1) is 0 Å². The summed E-state index contributed by atoms with van der Waals surface area (Å²) in [5.41, 5.74) is 1.49. The van der Waals surface area contributed by atoms with Crippen molar-refractivity contribution in [3.8, 4) is 11.5 Å². The van der Waals surface area contributed by atoms with Crippen LogP contribution in [0.4, 0.5) is 0 Å². The van der Waals surface area contributed by atoms with Crippen molar-refractivity contribution in [3.05, 3.63) is 48.2 Å².